The molecule has 25 heavy (non-hydrogen) atoms. The molecule has 1 amide bonds. The number of hydrogen-bond donors (Lipinski definition) is 1. The molecule has 1 fully saturated rings. The van der Waals surface area contributed by atoms with Gasteiger partial charge in [-0.25, -0.2) is 0 Å². The summed E-state index contributed by atoms with van der Waals surface area (Å²) in [6.07, 6.45) is 6.84. The molecule has 3 rings (SSSR count). The number of carbonyl (C=O) groups is 1. The van der Waals surface area contributed by atoms with E-state index in [0.717, 1.165) is 30.0 Å². The van der Waals surface area contributed by atoms with Crippen molar-refractivity contribution in [3.05, 3.63) is 64.1 Å². The first kappa shape index (κ1) is 17.8. The first-order chi connectivity index (χ1) is 12.1. The summed E-state index contributed by atoms with van der Waals surface area (Å²) in [6.45, 7) is 2.06. The summed E-state index contributed by atoms with van der Waals surface area (Å²) in [7, 11) is 0. The number of halogens is 2. The Hall–Kier alpha value is -1.97. The van der Waals surface area contributed by atoms with Gasteiger partial charge in [0.05, 0.1) is 11.4 Å². The fourth-order valence-corrected chi connectivity index (χ4v) is 3.44. The molecule has 2 aromatic rings. The van der Waals surface area contributed by atoms with Gasteiger partial charge in [0.2, 0.25) is 5.91 Å². The fourth-order valence-electron chi connectivity index (χ4n) is 2.97. The second kappa shape index (κ2) is 8.41. The second-order valence-corrected chi connectivity index (χ2v) is 6.90. The lowest BCUT2D eigenvalue weighted by Gasteiger charge is -2.30. The highest BCUT2D eigenvalue weighted by atomic mass is 35.5. The highest BCUT2D eigenvalue weighted by Gasteiger charge is 2.14. The topological polar surface area (TPSA) is 32.3 Å². The van der Waals surface area contributed by atoms with Crippen LogP contribution in [0.5, 0.6) is 0 Å². The summed E-state index contributed by atoms with van der Waals surface area (Å²) in [6, 6.07) is 13.1. The second-order valence-electron chi connectivity index (χ2n) is 6.05. The maximum absolute atomic E-state index is 12.3. The Balaban J connectivity index is 1.71. The molecule has 0 spiro atoms. The van der Waals surface area contributed by atoms with Crippen molar-refractivity contribution in [1.82, 2.24) is 0 Å². The number of hydrogen-bond acceptors (Lipinski definition) is 2. The average molecular weight is 375 g/mol. The van der Waals surface area contributed by atoms with Gasteiger partial charge in [-0.05, 0) is 55.2 Å². The molecule has 0 bridgehead atoms. The number of amides is 1. The van der Waals surface area contributed by atoms with Gasteiger partial charge in [0.15, 0.2) is 0 Å². The molecule has 1 saturated heterocycles. The van der Waals surface area contributed by atoms with E-state index in [1.807, 2.05) is 18.2 Å². The quantitative estimate of drug-likeness (QED) is 0.702. The zero-order valence-corrected chi connectivity index (χ0v) is 15.4. The molecule has 0 unspecified atom stereocenters. The Morgan fingerprint density at radius 2 is 1.80 bits per heavy atom. The molecule has 1 aliphatic heterocycles. The summed E-state index contributed by atoms with van der Waals surface area (Å²) in [5.74, 6) is -0.185. The summed E-state index contributed by atoms with van der Waals surface area (Å²) in [5.41, 5.74) is 2.67. The Labute approximate surface area is 158 Å². The SMILES string of the molecule is O=C(C=Cc1ccc(Cl)cc1Cl)Nc1ccccc1N1CCCCC1. The first-order valence-electron chi connectivity index (χ1n) is 8.41. The van der Waals surface area contributed by atoms with E-state index >= 15 is 0 Å². The molecule has 3 nitrogen and oxygen atoms in total. The summed E-state index contributed by atoms with van der Waals surface area (Å²) in [5, 5.41) is 4.06. The van der Waals surface area contributed by atoms with Gasteiger partial charge in [-0.1, -0.05) is 41.4 Å². The van der Waals surface area contributed by atoms with Crippen molar-refractivity contribution in [3.8, 4) is 0 Å². The first-order valence-corrected chi connectivity index (χ1v) is 9.17. The van der Waals surface area contributed by atoms with Crippen LogP contribution in [0.3, 0.4) is 0 Å². The van der Waals surface area contributed by atoms with Crippen LogP contribution in [-0.2, 0) is 4.79 Å². The lowest BCUT2D eigenvalue weighted by atomic mass is 10.1. The van der Waals surface area contributed by atoms with E-state index in [9.17, 15) is 4.79 Å². The van der Waals surface area contributed by atoms with Crippen molar-refractivity contribution in [2.24, 2.45) is 0 Å². The van der Waals surface area contributed by atoms with Crippen LogP contribution in [0.1, 0.15) is 24.8 Å². The van der Waals surface area contributed by atoms with Gasteiger partial charge in [0, 0.05) is 29.2 Å². The number of nitrogens with one attached hydrogen (secondary N) is 1. The monoisotopic (exact) mass is 374 g/mol. The van der Waals surface area contributed by atoms with Crippen LogP contribution < -0.4 is 10.2 Å². The third-order valence-electron chi connectivity index (χ3n) is 4.24. The zero-order chi connectivity index (χ0) is 17.6. The number of anilines is 2. The van der Waals surface area contributed by atoms with Gasteiger partial charge in [0.1, 0.15) is 0 Å². The van der Waals surface area contributed by atoms with E-state index in [1.54, 1.807) is 24.3 Å². The average Bonchev–Trinajstić information content (AvgIpc) is 2.62. The standard InChI is InChI=1S/C20H20Cl2N2O/c21-16-10-8-15(17(22)14-16)9-11-20(25)23-18-6-2-3-7-19(18)24-12-4-1-5-13-24/h2-3,6-11,14H,1,4-5,12-13H2,(H,23,25). The van der Waals surface area contributed by atoms with E-state index in [1.165, 1.54) is 25.3 Å². The fraction of sp³-hybridized carbons (Fsp3) is 0.250. The number of para-hydroxylation sites is 2. The molecule has 1 aliphatic rings. The van der Waals surface area contributed by atoms with Crippen molar-refractivity contribution in [3.63, 3.8) is 0 Å². The van der Waals surface area contributed by atoms with Crippen molar-refractivity contribution < 1.29 is 4.79 Å². The van der Waals surface area contributed by atoms with Crippen LogP contribution in [0.15, 0.2) is 48.5 Å². The minimum absolute atomic E-state index is 0.185. The molecule has 0 aromatic heterocycles. The van der Waals surface area contributed by atoms with Crippen molar-refractivity contribution in [1.29, 1.82) is 0 Å². The van der Waals surface area contributed by atoms with Crippen LogP contribution >= 0.6 is 23.2 Å². The molecule has 0 saturated carbocycles. The molecule has 0 aliphatic carbocycles. The van der Waals surface area contributed by atoms with E-state index in [2.05, 4.69) is 16.3 Å². The number of carbonyl (C=O) groups excluding carboxylic acids is 1. The Morgan fingerprint density at radius 3 is 2.56 bits per heavy atom. The van der Waals surface area contributed by atoms with Gasteiger partial charge in [-0.15, -0.1) is 0 Å². The van der Waals surface area contributed by atoms with E-state index in [0.29, 0.717) is 10.0 Å². The number of piperidine rings is 1. The highest BCUT2D eigenvalue weighted by Crippen LogP contribution is 2.28. The lowest BCUT2D eigenvalue weighted by Crippen LogP contribution is -2.30. The highest BCUT2D eigenvalue weighted by molar-refractivity contribution is 6.35. The smallest absolute Gasteiger partial charge is 0.248 e. The molecular weight excluding hydrogens is 355 g/mol. The maximum Gasteiger partial charge on any atom is 0.248 e. The van der Waals surface area contributed by atoms with E-state index in [4.69, 9.17) is 23.2 Å². The Kier molecular flexibility index (Phi) is 6.00. The lowest BCUT2D eigenvalue weighted by molar-refractivity contribution is -0.111. The van der Waals surface area contributed by atoms with Crippen LogP contribution in [0.4, 0.5) is 11.4 Å². The van der Waals surface area contributed by atoms with Crippen LogP contribution in [0, 0.1) is 0 Å². The van der Waals surface area contributed by atoms with Gasteiger partial charge in [-0.3, -0.25) is 4.79 Å². The zero-order valence-electron chi connectivity index (χ0n) is 13.8. The van der Waals surface area contributed by atoms with Crippen molar-refractivity contribution >= 4 is 46.6 Å². The predicted octanol–water partition coefficient (Wildman–Crippen LogP) is 5.64. The minimum atomic E-state index is -0.185. The molecule has 130 valence electrons. The van der Waals surface area contributed by atoms with Crippen molar-refractivity contribution in [2.45, 2.75) is 19.3 Å². The molecule has 0 atom stereocenters. The minimum Gasteiger partial charge on any atom is -0.370 e. The third-order valence-corrected chi connectivity index (χ3v) is 4.80. The van der Waals surface area contributed by atoms with Crippen molar-refractivity contribution in [2.75, 3.05) is 23.3 Å². The molecule has 1 heterocycles. The maximum atomic E-state index is 12.3. The summed E-state index contributed by atoms with van der Waals surface area (Å²) >= 11 is 12.0. The number of nitrogens with zero attached hydrogens (tertiary/aromatic N) is 1. The summed E-state index contributed by atoms with van der Waals surface area (Å²) < 4.78 is 0. The molecule has 5 heteroatoms. The number of benzene rings is 2. The summed E-state index contributed by atoms with van der Waals surface area (Å²) in [4.78, 5) is 14.6. The van der Waals surface area contributed by atoms with Gasteiger partial charge < -0.3 is 10.2 Å². The Bertz CT molecular complexity index is 783. The largest absolute Gasteiger partial charge is 0.370 e. The molecule has 1 N–H and O–H groups in total. The predicted molar refractivity (Wildman–Crippen MR) is 107 cm³/mol. The van der Waals surface area contributed by atoms with Crippen LogP contribution in [0.25, 0.3) is 6.08 Å². The molecular formula is C20H20Cl2N2O. The molecule has 2 aromatic carbocycles. The Morgan fingerprint density at radius 1 is 1.04 bits per heavy atom. The third kappa shape index (κ3) is 4.77. The van der Waals surface area contributed by atoms with Crippen LogP contribution in [0.2, 0.25) is 10.0 Å². The molecule has 0 radical (unpaired) electrons. The van der Waals surface area contributed by atoms with Crippen LogP contribution in [-0.4, -0.2) is 19.0 Å². The normalized spacial score (nSPS) is 14.7. The van der Waals surface area contributed by atoms with Gasteiger partial charge in [0.25, 0.3) is 0 Å². The van der Waals surface area contributed by atoms with Gasteiger partial charge in [-0.2, -0.15) is 0 Å². The van der Waals surface area contributed by atoms with Gasteiger partial charge >= 0.3 is 0 Å². The number of rotatable bonds is 4. The van der Waals surface area contributed by atoms with E-state index < -0.39 is 0 Å². The van der Waals surface area contributed by atoms with E-state index in [-0.39, 0.29) is 5.91 Å².